The van der Waals surface area contributed by atoms with Crippen molar-refractivity contribution in [2.75, 3.05) is 5.75 Å². The molecule has 0 fully saturated rings. The Hall–Kier alpha value is -2.60. The zero-order chi connectivity index (χ0) is 18.6. The van der Waals surface area contributed by atoms with Crippen LogP contribution in [0, 0.1) is 6.92 Å². The molecule has 0 aliphatic heterocycles. The first-order valence-corrected chi connectivity index (χ1v) is 10.1. The molecular weight excluding hydrogens is 358 g/mol. The van der Waals surface area contributed by atoms with Crippen molar-refractivity contribution in [1.82, 2.24) is 15.5 Å². The number of aryl methyl sites for hydroxylation is 2. The number of fused-ring (bicyclic) bond motifs is 1. The first kappa shape index (κ1) is 17.8. The minimum absolute atomic E-state index is 0.0169. The van der Waals surface area contributed by atoms with Gasteiger partial charge in [0.05, 0.1) is 11.8 Å². The summed E-state index contributed by atoms with van der Waals surface area (Å²) >= 11 is 1.26. The largest absolute Gasteiger partial charge is 0.411 e. The molecular formula is C21H21N3O2S. The van der Waals surface area contributed by atoms with Crippen LogP contribution in [0.5, 0.6) is 0 Å². The Bertz CT molecular complexity index is 937. The molecule has 5 nitrogen and oxygen atoms in total. The Morgan fingerprint density at radius 3 is 2.85 bits per heavy atom. The van der Waals surface area contributed by atoms with Crippen LogP contribution in [0.3, 0.4) is 0 Å². The van der Waals surface area contributed by atoms with E-state index in [1.165, 1.54) is 28.5 Å². The number of aromatic nitrogens is 2. The van der Waals surface area contributed by atoms with Crippen molar-refractivity contribution < 1.29 is 9.21 Å². The average molecular weight is 379 g/mol. The Balaban J connectivity index is 1.34. The Kier molecular flexibility index (Phi) is 5.25. The molecule has 27 heavy (non-hydrogen) atoms. The summed E-state index contributed by atoms with van der Waals surface area (Å²) in [6.07, 6.45) is 3.16. The number of rotatable bonds is 5. The summed E-state index contributed by atoms with van der Waals surface area (Å²) in [6.45, 7) is 2.03. The summed E-state index contributed by atoms with van der Waals surface area (Å²) in [5, 5.41) is 11.7. The van der Waals surface area contributed by atoms with Crippen LogP contribution >= 0.6 is 11.8 Å². The number of hydrogen-bond acceptors (Lipinski definition) is 5. The summed E-state index contributed by atoms with van der Waals surface area (Å²) in [7, 11) is 0. The van der Waals surface area contributed by atoms with E-state index in [-0.39, 0.29) is 17.7 Å². The molecule has 1 unspecified atom stereocenters. The second-order valence-electron chi connectivity index (χ2n) is 6.74. The van der Waals surface area contributed by atoms with Gasteiger partial charge in [-0.25, -0.2) is 0 Å². The molecule has 1 amide bonds. The molecule has 0 radical (unpaired) electrons. The van der Waals surface area contributed by atoms with Gasteiger partial charge in [0.2, 0.25) is 11.8 Å². The van der Waals surface area contributed by atoms with Gasteiger partial charge >= 0.3 is 0 Å². The van der Waals surface area contributed by atoms with E-state index in [2.05, 4.69) is 33.7 Å². The molecule has 1 atom stereocenters. The van der Waals surface area contributed by atoms with Gasteiger partial charge in [-0.15, -0.1) is 10.2 Å². The number of thioether (sulfide) groups is 1. The van der Waals surface area contributed by atoms with Crippen LogP contribution in [0.4, 0.5) is 0 Å². The Morgan fingerprint density at radius 1 is 1.19 bits per heavy atom. The third-order valence-electron chi connectivity index (χ3n) is 4.74. The van der Waals surface area contributed by atoms with E-state index in [0.29, 0.717) is 11.1 Å². The molecule has 0 saturated carbocycles. The molecule has 0 bridgehead atoms. The SMILES string of the molecule is Cc1ccc(-c2nnc(SCC(=O)NC3CCCc4ccccc43)o2)cc1. The number of hydrogen-bond donors (Lipinski definition) is 1. The van der Waals surface area contributed by atoms with Crippen molar-refractivity contribution in [2.45, 2.75) is 37.5 Å². The van der Waals surface area contributed by atoms with Crippen LogP contribution in [0.2, 0.25) is 0 Å². The second-order valence-corrected chi connectivity index (χ2v) is 7.67. The molecule has 6 heteroatoms. The van der Waals surface area contributed by atoms with Crippen LogP contribution in [0.1, 0.15) is 35.6 Å². The van der Waals surface area contributed by atoms with Gasteiger partial charge in [0, 0.05) is 5.56 Å². The summed E-state index contributed by atoms with van der Waals surface area (Å²) in [5.41, 5.74) is 4.62. The predicted molar refractivity (Wildman–Crippen MR) is 105 cm³/mol. The van der Waals surface area contributed by atoms with E-state index >= 15 is 0 Å². The van der Waals surface area contributed by atoms with Crippen molar-refractivity contribution >= 4 is 17.7 Å². The molecule has 4 rings (SSSR count). The summed E-state index contributed by atoms with van der Waals surface area (Å²) in [6, 6.07) is 16.3. The maximum absolute atomic E-state index is 12.4. The van der Waals surface area contributed by atoms with Crippen LogP contribution in [-0.4, -0.2) is 21.9 Å². The third kappa shape index (κ3) is 4.22. The lowest BCUT2D eigenvalue weighted by Gasteiger charge is -2.26. The van der Waals surface area contributed by atoms with Crippen LogP contribution < -0.4 is 5.32 Å². The van der Waals surface area contributed by atoms with Gasteiger partial charge in [-0.3, -0.25) is 4.79 Å². The highest BCUT2D eigenvalue weighted by Gasteiger charge is 2.21. The fourth-order valence-corrected chi connectivity index (χ4v) is 3.92. The van der Waals surface area contributed by atoms with Crippen LogP contribution in [0.25, 0.3) is 11.5 Å². The summed E-state index contributed by atoms with van der Waals surface area (Å²) in [5.74, 6) is 0.713. The number of nitrogens with one attached hydrogen (secondary N) is 1. The number of nitrogens with zero attached hydrogens (tertiary/aromatic N) is 2. The fraction of sp³-hybridized carbons (Fsp3) is 0.286. The van der Waals surface area contributed by atoms with E-state index in [0.717, 1.165) is 24.8 Å². The maximum atomic E-state index is 12.4. The number of benzene rings is 2. The maximum Gasteiger partial charge on any atom is 0.277 e. The monoisotopic (exact) mass is 379 g/mol. The first-order chi connectivity index (χ1) is 13.2. The standard InChI is InChI=1S/C21H21N3O2S/c1-14-9-11-16(12-10-14)20-23-24-21(26-20)27-13-19(25)22-18-8-4-6-15-5-2-3-7-17(15)18/h2-3,5,7,9-12,18H,4,6,8,13H2,1H3,(H,22,25). The van der Waals surface area contributed by atoms with Gasteiger partial charge in [0.1, 0.15) is 0 Å². The predicted octanol–water partition coefficient (Wildman–Crippen LogP) is 4.33. The molecule has 1 aliphatic rings. The normalized spacial score (nSPS) is 16.0. The topological polar surface area (TPSA) is 68.0 Å². The number of carbonyl (C=O) groups is 1. The van der Waals surface area contributed by atoms with E-state index in [9.17, 15) is 4.79 Å². The lowest BCUT2D eigenvalue weighted by atomic mass is 9.88. The number of amides is 1. The Morgan fingerprint density at radius 2 is 2.00 bits per heavy atom. The third-order valence-corrected chi connectivity index (χ3v) is 5.55. The summed E-state index contributed by atoms with van der Waals surface area (Å²) in [4.78, 5) is 12.4. The zero-order valence-corrected chi connectivity index (χ0v) is 16.0. The molecule has 1 N–H and O–H groups in total. The minimum atomic E-state index is -0.0169. The minimum Gasteiger partial charge on any atom is -0.411 e. The Labute approximate surface area is 162 Å². The van der Waals surface area contributed by atoms with Gasteiger partial charge in [-0.2, -0.15) is 0 Å². The molecule has 138 valence electrons. The van der Waals surface area contributed by atoms with Crippen molar-refractivity contribution in [1.29, 1.82) is 0 Å². The van der Waals surface area contributed by atoms with E-state index in [1.54, 1.807) is 0 Å². The molecule has 1 aliphatic carbocycles. The second kappa shape index (κ2) is 7.96. The van der Waals surface area contributed by atoms with Crippen molar-refractivity contribution in [3.05, 3.63) is 65.2 Å². The zero-order valence-electron chi connectivity index (χ0n) is 15.1. The number of carbonyl (C=O) groups excluding carboxylic acids is 1. The van der Waals surface area contributed by atoms with Gasteiger partial charge in [-0.1, -0.05) is 53.7 Å². The van der Waals surface area contributed by atoms with E-state index in [1.807, 2.05) is 37.3 Å². The highest BCUT2D eigenvalue weighted by molar-refractivity contribution is 7.99. The van der Waals surface area contributed by atoms with Gasteiger partial charge in [-0.05, 0) is 49.4 Å². The fourth-order valence-electron chi connectivity index (χ4n) is 3.35. The molecule has 2 aromatic carbocycles. The lowest BCUT2D eigenvalue weighted by Crippen LogP contribution is -2.32. The van der Waals surface area contributed by atoms with Gasteiger partial charge in [0.25, 0.3) is 5.22 Å². The highest BCUT2D eigenvalue weighted by atomic mass is 32.2. The van der Waals surface area contributed by atoms with Gasteiger partial charge < -0.3 is 9.73 Å². The quantitative estimate of drug-likeness (QED) is 0.668. The van der Waals surface area contributed by atoms with Crippen molar-refractivity contribution in [2.24, 2.45) is 0 Å². The van der Waals surface area contributed by atoms with Crippen LogP contribution in [0.15, 0.2) is 58.2 Å². The molecule has 0 spiro atoms. The van der Waals surface area contributed by atoms with E-state index in [4.69, 9.17) is 4.42 Å². The smallest absolute Gasteiger partial charge is 0.277 e. The van der Waals surface area contributed by atoms with Crippen molar-refractivity contribution in [3.8, 4) is 11.5 Å². The van der Waals surface area contributed by atoms with Gasteiger partial charge in [0.15, 0.2) is 0 Å². The molecule has 0 saturated heterocycles. The van der Waals surface area contributed by atoms with E-state index < -0.39 is 0 Å². The van der Waals surface area contributed by atoms with Crippen molar-refractivity contribution in [3.63, 3.8) is 0 Å². The average Bonchev–Trinajstić information content (AvgIpc) is 3.16. The molecule has 1 aromatic heterocycles. The van der Waals surface area contributed by atoms with Crippen LogP contribution in [-0.2, 0) is 11.2 Å². The lowest BCUT2D eigenvalue weighted by molar-refractivity contribution is -0.119. The molecule has 3 aromatic rings. The summed E-state index contributed by atoms with van der Waals surface area (Å²) < 4.78 is 5.67. The highest BCUT2D eigenvalue weighted by Crippen LogP contribution is 2.30. The molecule has 1 heterocycles. The first-order valence-electron chi connectivity index (χ1n) is 9.09.